The maximum absolute atomic E-state index is 5.81. The number of guanidine groups is 1. The molecule has 0 atom stereocenters. The van der Waals surface area contributed by atoms with E-state index in [4.69, 9.17) is 17.3 Å². The van der Waals surface area contributed by atoms with Crippen LogP contribution in [0.25, 0.3) is 0 Å². The Bertz CT molecular complexity index is 520. The van der Waals surface area contributed by atoms with Gasteiger partial charge in [0.05, 0.1) is 6.54 Å². The molecule has 0 unspecified atom stereocenters. The molecule has 4 heteroatoms. The Morgan fingerprint density at radius 3 is 2.39 bits per heavy atom. The standard InChI is InChI=1S/C14H14ClN3/c15-12-8-6-11(7-9-12)10-17-14(16)18-13-4-2-1-3-5-13/h1-9H,10H2,(H3,16,17,18). The summed E-state index contributed by atoms with van der Waals surface area (Å²) in [5.74, 6) is 0.399. The van der Waals surface area contributed by atoms with Gasteiger partial charge in [-0.1, -0.05) is 41.9 Å². The average molecular weight is 260 g/mol. The van der Waals surface area contributed by atoms with Crippen molar-refractivity contribution in [3.8, 4) is 0 Å². The first-order chi connectivity index (χ1) is 8.74. The number of aliphatic imine (C=N–C) groups is 1. The minimum absolute atomic E-state index is 0.399. The molecule has 0 fully saturated rings. The predicted octanol–water partition coefficient (Wildman–Crippen LogP) is 3.27. The Labute approximate surface area is 111 Å². The summed E-state index contributed by atoms with van der Waals surface area (Å²) in [4.78, 5) is 4.26. The second-order valence-corrected chi connectivity index (χ2v) is 4.26. The highest BCUT2D eigenvalue weighted by molar-refractivity contribution is 6.30. The highest BCUT2D eigenvalue weighted by Crippen LogP contribution is 2.10. The molecule has 0 aliphatic rings. The molecule has 0 radical (unpaired) electrons. The number of hydrogen-bond acceptors (Lipinski definition) is 1. The Balaban J connectivity index is 1.95. The number of nitrogens with two attached hydrogens (primary N) is 1. The molecule has 0 spiro atoms. The number of para-hydroxylation sites is 1. The summed E-state index contributed by atoms with van der Waals surface area (Å²) in [6.45, 7) is 0.531. The van der Waals surface area contributed by atoms with Gasteiger partial charge in [-0.25, -0.2) is 4.99 Å². The van der Waals surface area contributed by atoms with Crippen molar-refractivity contribution in [1.82, 2.24) is 0 Å². The normalized spacial score (nSPS) is 11.3. The van der Waals surface area contributed by atoms with E-state index in [1.165, 1.54) is 0 Å². The zero-order valence-electron chi connectivity index (χ0n) is 9.81. The molecule has 3 N–H and O–H groups in total. The first kappa shape index (κ1) is 12.5. The van der Waals surface area contributed by atoms with E-state index in [0.717, 1.165) is 16.3 Å². The molecule has 3 nitrogen and oxygen atoms in total. The maximum atomic E-state index is 5.81. The van der Waals surface area contributed by atoms with E-state index in [-0.39, 0.29) is 0 Å². The van der Waals surface area contributed by atoms with Gasteiger partial charge in [0.2, 0.25) is 0 Å². The largest absolute Gasteiger partial charge is 0.370 e. The molecule has 0 saturated carbocycles. The van der Waals surface area contributed by atoms with E-state index in [1.54, 1.807) is 0 Å². The quantitative estimate of drug-likeness (QED) is 0.657. The summed E-state index contributed by atoms with van der Waals surface area (Å²) in [5, 5.41) is 3.75. The summed E-state index contributed by atoms with van der Waals surface area (Å²) in [6.07, 6.45) is 0. The van der Waals surface area contributed by atoms with Crippen molar-refractivity contribution in [3.63, 3.8) is 0 Å². The fourth-order valence-electron chi connectivity index (χ4n) is 1.48. The maximum Gasteiger partial charge on any atom is 0.193 e. The number of rotatable bonds is 3. The van der Waals surface area contributed by atoms with Crippen LogP contribution in [0.4, 0.5) is 5.69 Å². The summed E-state index contributed by atoms with van der Waals surface area (Å²) >= 11 is 5.81. The molecule has 0 saturated heterocycles. The zero-order valence-corrected chi connectivity index (χ0v) is 10.6. The number of hydrogen-bond donors (Lipinski definition) is 2. The molecule has 0 aliphatic heterocycles. The van der Waals surface area contributed by atoms with E-state index < -0.39 is 0 Å². The van der Waals surface area contributed by atoms with Crippen molar-refractivity contribution in [2.24, 2.45) is 10.7 Å². The SMILES string of the molecule is NC(=NCc1ccc(Cl)cc1)Nc1ccccc1. The van der Waals surface area contributed by atoms with Crippen LogP contribution in [-0.4, -0.2) is 5.96 Å². The molecule has 0 bridgehead atoms. The summed E-state index contributed by atoms with van der Waals surface area (Å²) < 4.78 is 0. The number of nitrogens with zero attached hydrogens (tertiary/aromatic N) is 1. The molecular formula is C14H14ClN3. The van der Waals surface area contributed by atoms with Gasteiger partial charge in [-0.15, -0.1) is 0 Å². The van der Waals surface area contributed by atoms with Gasteiger partial charge in [0.1, 0.15) is 0 Å². The van der Waals surface area contributed by atoms with E-state index in [0.29, 0.717) is 12.5 Å². The molecular weight excluding hydrogens is 246 g/mol. The van der Waals surface area contributed by atoms with Gasteiger partial charge in [0.15, 0.2) is 5.96 Å². The molecule has 2 aromatic carbocycles. The Hall–Kier alpha value is -2.00. The lowest BCUT2D eigenvalue weighted by Crippen LogP contribution is -2.22. The molecule has 0 aromatic heterocycles. The molecule has 18 heavy (non-hydrogen) atoms. The van der Waals surface area contributed by atoms with Crippen LogP contribution in [-0.2, 0) is 6.54 Å². The van der Waals surface area contributed by atoms with Crippen molar-refractivity contribution in [2.75, 3.05) is 5.32 Å². The minimum atomic E-state index is 0.399. The highest BCUT2D eigenvalue weighted by atomic mass is 35.5. The predicted molar refractivity (Wildman–Crippen MR) is 76.8 cm³/mol. The number of anilines is 1. The molecule has 92 valence electrons. The Morgan fingerprint density at radius 2 is 1.72 bits per heavy atom. The van der Waals surface area contributed by atoms with Crippen molar-refractivity contribution in [2.45, 2.75) is 6.54 Å². The lowest BCUT2D eigenvalue weighted by atomic mass is 10.2. The van der Waals surface area contributed by atoms with Gasteiger partial charge >= 0.3 is 0 Å². The van der Waals surface area contributed by atoms with Crippen molar-refractivity contribution >= 4 is 23.2 Å². The Morgan fingerprint density at radius 1 is 1.06 bits per heavy atom. The van der Waals surface area contributed by atoms with Crippen molar-refractivity contribution in [1.29, 1.82) is 0 Å². The summed E-state index contributed by atoms with van der Waals surface area (Å²) in [5.41, 5.74) is 7.79. The average Bonchev–Trinajstić information content (AvgIpc) is 2.39. The fourth-order valence-corrected chi connectivity index (χ4v) is 1.60. The fraction of sp³-hybridized carbons (Fsp3) is 0.0714. The van der Waals surface area contributed by atoms with Gasteiger partial charge in [0.25, 0.3) is 0 Å². The van der Waals surface area contributed by atoms with E-state index in [2.05, 4.69) is 10.3 Å². The third-order valence-electron chi connectivity index (χ3n) is 2.39. The van der Waals surface area contributed by atoms with Crippen LogP contribution in [0.3, 0.4) is 0 Å². The van der Waals surface area contributed by atoms with E-state index in [9.17, 15) is 0 Å². The third-order valence-corrected chi connectivity index (χ3v) is 2.64. The number of nitrogens with one attached hydrogen (secondary N) is 1. The molecule has 0 amide bonds. The van der Waals surface area contributed by atoms with Gasteiger partial charge in [0, 0.05) is 10.7 Å². The molecule has 0 aliphatic carbocycles. The smallest absolute Gasteiger partial charge is 0.193 e. The van der Waals surface area contributed by atoms with Crippen LogP contribution in [0.1, 0.15) is 5.56 Å². The van der Waals surface area contributed by atoms with E-state index in [1.807, 2.05) is 54.6 Å². The van der Waals surface area contributed by atoms with Crippen LogP contribution in [0.15, 0.2) is 59.6 Å². The summed E-state index contributed by atoms with van der Waals surface area (Å²) in [6, 6.07) is 17.2. The van der Waals surface area contributed by atoms with E-state index >= 15 is 0 Å². The second-order valence-electron chi connectivity index (χ2n) is 3.82. The lowest BCUT2D eigenvalue weighted by molar-refractivity contribution is 1.06. The zero-order chi connectivity index (χ0) is 12.8. The van der Waals surface area contributed by atoms with Crippen LogP contribution in [0, 0.1) is 0 Å². The monoisotopic (exact) mass is 259 g/mol. The topological polar surface area (TPSA) is 50.4 Å². The van der Waals surface area contributed by atoms with Crippen LogP contribution >= 0.6 is 11.6 Å². The molecule has 2 rings (SSSR count). The minimum Gasteiger partial charge on any atom is -0.370 e. The first-order valence-electron chi connectivity index (χ1n) is 5.60. The van der Waals surface area contributed by atoms with Crippen molar-refractivity contribution < 1.29 is 0 Å². The van der Waals surface area contributed by atoms with Crippen LogP contribution in [0.2, 0.25) is 5.02 Å². The lowest BCUT2D eigenvalue weighted by Gasteiger charge is -2.05. The van der Waals surface area contributed by atoms with Gasteiger partial charge in [-0.05, 0) is 29.8 Å². The van der Waals surface area contributed by atoms with Crippen LogP contribution < -0.4 is 11.1 Å². The van der Waals surface area contributed by atoms with Crippen LogP contribution in [0.5, 0.6) is 0 Å². The van der Waals surface area contributed by atoms with Gasteiger partial charge in [-0.2, -0.15) is 0 Å². The number of halogens is 1. The van der Waals surface area contributed by atoms with Gasteiger partial charge in [-0.3, -0.25) is 0 Å². The molecule has 0 heterocycles. The summed E-state index contributed by atoms with van der Waals surface area (Å²) in [7, 11) is 0. The van der Waals surface area contributed by atoms with Crippen molar-refractivity contribution in [3.05, 3.63) is 65.2 Å². The third kappa shape index (κ3) is 3.79. The van der Waals surface area contributed by atoms with Gasteiger partial charge < -0.3 is 11.1 Å². The molecule has 2 aromatic rings. The second kappa shape index (κ2) is 6.07. The number of benzene rings is 2. The highest BCUT2D eigenvalue weighted by Gasteiger charge is 1.95. The first-order valence-corrected chi connectivity index (χ1v) is 5.98. The Kier molecular flexibility index (Phi) is 4.20.